The van der Waals surface area contributed by atoms with Gasteiger partial charge in [-0.3, -0.25) is 0 Å². The SMILES string of the molecule is CCC[Si]1(OCOC)OC2(CCO2)CCOC2(CCO2)O1. The fraction of sp³-hybridized carbons (Fsp3) is 1.00. The summed E-state index contributed by atoms with van der Waals surface area (Å²) in [4.78, 5) is 0. The van der Waals surface area contributed by atoms with E-state index in [-0.39, 0.29) is 6.79 Å². The van der Waals surface area contributed by atoms with Crippen LogP contribution in [-0.2, 0) is 32.2 Å². The van der Waals surface area contributed by atoms with Gasteiger partial charge in [-0.1, -0.05) is 13.3 Å². The monoisotopic (exact) mass is 320 g/mol. The molecular formula is C13H24O7Si. The van der Waals surface area contributed by atoms with E-state index in [9.17, 15) is 0 Å². The quantitative estimate of drug-likeness (QED) is 0.563. The Morgan fingerprint density at radius 1 is 1.00 bits per heavy atom. The van der Waals surface area contributed by atoms with Crippen LogP contribution in [0.3, 0.4) is 0 Å². The summed E-state index contributed by atoms with van der Waals surface area (Å²) < 4.78 is 40.5. The van der Waals surface area contributed by atoms with Crippen LogP contribution >= 0.6 is 0 Å². The first-order valence-electron chi connectivity index (χ1n) is 7.61. The molecule has 2 spiro atoms. The van der Waals surface area contributed by atoms with Gasteiger partial charge in [0, 0.05) is 26.0 Å². The molecule has 21 heavy (non-hydrogen) atoms. The van der Waals surface area contributed by atoms with Crippen molar-refractivity contribution in [3.63, 3.8) is 0 Å². The summed E-state index contributed by atoms with van der Waals surface area (Å²) in [5, 5.41) is 0. The van der Waals surface area contributed by atoms with Gasteiger partial charge in [-0.25, -0.2) is 0 Å². The van der Waals surface area contributed by atoms with E-state index in [2.05, 4.69) is 6.92 Å². The van der Waals surface area contributed by atoms with Crippen LogP contribution in [0.25, 0.3) is 0 Å². The summed E-state index contributed by atoms with van der Waals surface area (Å²) in [5.74, 6) is -1.62. The van der Waals surface area contributed by atoms with Crippen LogP contribution < -0.4 is 0 Å². The molecule has 3 unspecified atom stereocenters. The second kappa shape index (κ2) is 6.21. The predicted octanol–water partition coefficient (Wildman–Crippen LogP) is 1.60. The van der Waals surface area contributed by atoms with Crippen molar-refractivity contribution in [3.05, 3.63) is 0 Å². The molecule has 0 N–H and O–H groups in total. The fourth-order valence-corrected chi connectivity index (χ4v) is 5.68. The Morgan fingerprint density at radius 2 is 1.71 bits per heavy atom. The summed E-state index contributed by atoms with van der Waals surface area (Å²) >= 11 is 0. The standard InChI is InChI=1S/C13H24O7Si/c1-3-10-21(18-11-14-2)19-12(4-7-15-12)5-8-16-13(20-21)6-9-17-13/h3-11H2,1-2H3. The maximum Gasteiger partial charge on any atom is 0.508 e. The zero-order chi connectivity index (χ0) is 14.8. The van der Waals surface area contributed by atoms with Crippen molar-refractivity contribution in [3.8, 4) is 0 Å². The smallest absolute Gasteiger partial charge is 0.360 e. The first-order chi connectivity index (χ1) is 10.2. The van der Waals surface area contributed by atoms with Crippen molar-refractivity contribution >= 4 is 8.80 Å². The zero-order valence-electron chi connectivity index (χ0n) is 12.7. The molecule has 3 aliphatic heterocycles. The highest BCUT2D eigenvalue weighted by atomic mass is 28.4. The normalized spacial score (nSPS) is 43.1. The maximum atomic E-state index is 6.31. The van der Waals surface area contributed by atoms with Crippen LogP contribution in [-0.4, -0.2) is 54.3 Å². The molecule has 8 heteroatoms. The lowest BCUT2D eigenvalue weighted by Gasteiger charge is -2.52. The molecule has 0 radical (unpaired) electrons. The van der Waals surface area contributed by atoms with Gasteiger partial charge in [-0.05, 0) is 0 Å². The molecule has 3 saturated heterocycles. The second-order valence-corrected chi connectivity index (χ2v) is 8.14. The molecule has 122 valence electrons. The van der Waals surface area contributed by atoms with Crippen LogP contribution in [0.2, 0.25) is 6.04 Å². The van der Waals surface area contributed by atoms with Gasteiger partial charge in [0.05, 0.1) is 26.2 Å². The van der Waals surface area contributed by atoms with E-state index in [1.165, 1.54) is 0 Å². The third kappa shape index (κ3) is 3.18. The third-order valence-corrected chi connectivity index (χ3v) is 6.96. The molecule has 3 fully saturated rings. The van der Waals surface area contributed by atoms with Crippen LogP contribution in [0.15, 0.2) is 0 Å². The fourth-order valence-electron chi connectivity index (χ4n) is 2.74. The van der Waals surface area contributed by atoms with Crippen LogP contribution in [0.1, 0.15) is 32.6 Å². The zero-order valence-corrected chi connectivity index (χ0v) is 13.7. The number of rotatable bonds is 5. The van der Waals surface area contributed by atoms with Crippen molar-refractivity contribution in [2.75, 3.05) is 33.7 Å². The molecule has 0 aromatic carbocycles. The molecular weight excluding hydrogens is 296 g/mol. The van der Waals surface area contributed by atoms with E-state index in [1.807, 2.05) is 0 Å². The van der Waals surface area contributed by atoms with E-state index >= 15 is 0 Å². The Kier molecular flexibility index (Phi) is 4.68. The molecule has 7 nitrogen and oxygen atoms in total. The first-order valence-corrected chi connectivity index (χ1v) is 9.54. The summed E-state index contributed by atoms with van der Waals surface area (Å²) in [6, 6.07) is 0.677. The minimum atomic E-state index is -3.00. The van der Waals surface area contributed by atoms with Crippen LogP contribution in [0.4, 0.5) is 0 Å². The lowest BCUT2D eigenvalue weighted by atomic mass is 10.1. The Labute approximate surface area is 126 Å². The molecule has 0 aromatic heterocycles. The van der Waals surface area contributed by atoms with E-state index in [4.69, 9.17) is 32.2 Å². The van der Waals surface area contributed by atoms with Crippen molar-refractivity contribution in [2.45, 2.75) is 50.4 Å². The van der Waals surface area contributed by atoms with E-state index in [0.29, 0.717) is 38.7 Å². The topological polar surface area (TPSA) is 64.6 Å². The van der Waals surface area contributed by atoms with Gasteiger partial charge in [-0.15, -0.1) is 0 Å². The second-order valence-electron chi connectivity index (χ2n) is 5.58. The molecule has 0 aliphatic carbocycles. The molecule has 0 amide bonds. The molecule has 3 aliphatic rings. The van der Waals surface area contributed by atoms with Gasteiger partial charge in [0.1, 0.15) is 6.79 Å². The Balaban J connectivity index is 1.81. The summed E-state index contributed by atoms with van der Waals surface area (Å²) in [7, 11) is -1.41. The van der Waals surface area contributed by atoms with E-state index in [0.717, 1.165) is 12.8 Å². The average molecular weight is 320 g/mol. The minimum Gasteiger partial charge on any atom is -0.360 e. The van der Waals surface area contributed by atoms with Gasteiger partial charge >= 0.3 is 8.80 Å². The highest BCUT2D eigenvalue weighted by Gasteiger charge is 2.60. The molecule has 0 bridgehead atoms. The lowest BCUT2D eigenvalue weighted by molar-refractivity contribution is -0.436. The van der Waals surface area contributed by atoms with E-state index < -0.39 is 20.6 Å². The summed E-state index contributed by atoms with van der Waals surface area (Å²) in [5.41, 5.74) is 0. The van der Waals surface area contributed by atoms with Crippen LogP contribution in [0, 0.1) is 0 Å². The largest absolute Gasteiger partial charge is 0.508 e. The first kappa shape index (κ1) is 15.8. The Morgan fingerprint density at radius 3 is 2.24 bits per heavy atom. The van der Waals surface area contributed by atoms with Crippen molar-refractivity contribution < 1.29 is 32.2 Å². The molecule has 0 saturated carbocycles. The Bertz CT molecular complexity index is 332. The number of ether oxygens (including phenoxy) is 4. The molecule has 0 aromatic rings. The number of methoxy groups -OCH3 is 1. The van der Waals surface area contributed by atoms with Crippen molar-refractivity contribution in [2.24, 2.45) is 0 Å². The summed E-state index contributed by atoms with van der Waals surface area (Å²) in [6.45, 7) is 4.00. The van der Waals surface area contributed by atoms with Crippen LogP contribution in [0.5, 0.6) is 0 Å². The van der Waals surface area contributed by atoms with Gasteiger partial charge < -0.3 is 32.2 Å². The van der Waals surface area contributed by atoms with Gasteiger partial charge in [0.25, 0.3) is 5.97 Å². The Hall–Kier alpha value is -0.0631. The maximum absolute atomic E-state index is 6.31. The highest BCUT2D eigenvalue weighted by Crippen LogP contribution is 2.43. The van der Waals surface area contributed by atoms with Gasteiger partial charge in [-0.2, -0.15) is 0 Å². The average Bonchev–Trinajstić information content (AvgIpc) is 2.37. The number of hydrogen-bond acceptors (Lipinski definition) is 7. The van der Waals surface area contributed by atoms with Crippen molar-refractivity contribution in [1.82, 2.24) is 0 Å². The molecule has 3 rings (SSSR count). The third-order valence-electron chi connectivity index (χ3n) is 3.99. The van der Waals surface area contributed by atoms with Gasteiger partial charge in [0.15, 0.2) is 5.79 Å². The van der Waals surface area contributed by atoms with Gasteiger partial charge in [0.2, 0.25) is 0 Å². The number of hydrogen-bond donors (Lipinski definition) is 0. The molecule has 3 heterocycles. The molecule has 3 atom stereocenters. The van der Waals surface area contributed by atoms with E-state index in [1.54, 1.807) is 7.11 Å². The van der Waals surface area contributed by atoms with Crippen molar-refractivity contribution in [1.29, 1.82) is 0 Å². The predicted molar refractivity (Wildman–Crippen MR) is 73.2 cm³/mol. The lowest BCUT2D eigenvalue weighted by Crippen LogP contribution is -2.66. The summed E-state index contributed by atoms with van der Waals surface area (Å²) in [6.07, 6.45) is 3.07. The highest BCUT2D eigenvalue weighted by molar-refractivity contribution is 6.60. The minimum absolute atomic E-state index is 0.123.